The summed E-state index contributed by atoms with van der Waals surface area (Å²) in [6.45, 7) is 3.78. The molecule has 2 amide bonds. The monoisotopic (exact) mass is 565 g/mol. The molecule has 1 aromatic carbocycles. The molecule has 2 aromatic rings. The minimum absolute atomic E-state index is 0.0222. The number of hydrogen-bond donors (Lipinski definition) is 4. The second kappa shape index (κ2) is 12.6. The van der Waals surface area contributed by atoms with E-state index in [9.17, 15) is 14.7 Å². The van der Waals surface area contributed by atoms with Gasteiger partial charge in [-0.1, -0.05) is 19.8 Å². The number of amides is 2. The van der Waals surface area contributed by atoms with Gasteiger partial charge in [-0.3, -0.25) is 9.59 Å². The fourth-order valence-corrected chi connectivity index (χ4v) is 6.59. The van der Waals surface area contributed by atoms with Crippen LogP contribution < -0.4 is 30.5 Å². The number of nitrogens with one attached hydrogen (secondary N) is 3. The number of fused-ring (bicyclic) bond motifs is 1. The summed E-state index contributed by atoms with van der Waals surface area (Å²) >= 11 is 0. The molecular weight excluding hydrogens is 522 g/mol. The second-order valence-corrected chi connectivity index (χ2v) is 11.4. The topological polar surface area (TPSA) is 132 Å². The lowest BCUT2D eigenvalue weighted by Gasteiger charge is -2.43. The molecule has 1 aromatic heterocycles. The van der Waals surface area contributed by atoms with Gasteiger partial charge >= 0.3 is 0 Å². The molecular formula is C30H43N7O4. The van der Waals surface area contributed by atoms with Gasteiger partial charge in [0.15, 0.2) is 5.82 Å². The van der Waals surface area contributed by atoms with Gasteiger partial charge in [0.1, 0.15) is 17.5 Å². The second-order valence-electron chi connectivity index (χ2n) is 11.4. The van der Waals surface area contributed by atoms with Gasteiger partial charge in [-0.25, -0.2) is 4.98 Å². The fraction of sp³-hybridized carbons (Fsp3) is 0.600. The third kappa shape index (κ3) is 5.97. The minimum Gasteiger partial charge on any atom is -0.495 e. The zero-order chi connectivity index (χ0) is 29.0. The van der Waals surface area contributed by atoms with Gasteiger partial charge in [0.2, 0.25) is 11.9 Å². The van der Waals surface area contributed by atoms with Crippen LogP contribution in [0, 0.1) is 0 Å². The summed E-state index contributed by atoms with van der Waals surface area (Å²) < 4.78 is 5.66. The molecule has 0 radical (unpaired) electrons. The van der Waals surface area contributed by atoms with E-state index in [-0.39, 0.29) is 30.5 Å². The first-order valence-electron chi connectivity index (χ1n) is 14.9. The van der Waals surface area contributed by atoms with Crippen molar-refractivity contribution in [1.29, 1.82) is 0 Å². The van der Waals surface area contributed by atoms with E-state index in [0.717, 1.165) is 63.9 Å². The number of hydrogen-bond acceptors (Lipinski definition) is 9. The van der Waals surface area contributed by atoms with Gasteiger partial charge in [0.05, 0.1) is 19.0 Å². The Labute approximate surface area is 242 Å². The largest absolute Gasteiger partial charge is 0.495 e. The number of aliphatic hydroxyl groups excluding tert-OH is 1. The molecule has 3 heterocycles. The van der Waals surface area contributed by atoms with Crippen molar-refractivity contribution in [2.75, 3.05) is 49.0 Å². The van der Waals surface area contributed by atoms with Crippen LogP contribution in [0.1, 0.15) is 75.1 Å². The third-order valence-electron chi connectivity index (χ3n) is 8.88. The highest BCUT2D eigenvalue weighted by atomic mass is 16.5. The summed E-state index contributed by atoms with van der Waals surface area (Å²) in [5, 5.41) is 19.6. The molecule has 41 heavy (non-hydrogen) atoms. The molecule has 1 saturated carbocycles. The lowest BCUT2D eigenvalue weighted by Crippen LogP contribution is -2.55. The number of anilines is 4. The molecule has 3 aliphatic rings. The summed E-state index contributed by atoms with van der Waals surface area (Å²) in [6, 6.07) is 5.30. The first-order valence-corrected chi connectivity index (χ1v) is 14.9. The van der Waals surface area contributed by atoms with Crippen LogP contribution in [0.5, 0.6) is 5.75 Å². The Bertz CT molecular complexity index is 1240. The maximum absolute atomic E-state index is 13.3. The molecule has 2 aliphatic heterocycles. The first kappa shape index (κ1) is 29.1. The molecule has 0 spiro atoms. The third-order valence-corrected chi connectivity index (χ3v) is 8.88. The van der Waals surface area contributed by atoms with Crippen molar-refractivity contribution >= 4 is 35.0 Å². The van der Waals surface area contributed by atoms with E-state index in [1.807, 2.05) is 6.92 Å². The summed E-state index contributed by atoms with van der Waals surface area (Å²) in [6.07, 6.45) is 9.86. The van der Waals surface area contributed by atoms with Crippen LogP contribution in [-0.4, -0.2) is 78.4 Å². The average molecular weight is 566 g/mol. The minimum atomic E-state index is -0.438. The van der Waals surface area contributed by atoms with Crippen LogP contribution in [0.3, 0.4) is 0 Å². The number of rotatable bonds is 9. The zero-order valence-corrected chi connectivity index (χ0v) is 24.4. The summed E-state index contributed by atoms with van der Waals surface area (Å²) in [4.78, 5) is 39.8. The summed E-state index contributed by atoms with van der Waals surface area (Å²) in [7, 11) is 3.35. The first-order chi connectivity index (χ1) is 19.9. The number of benzene rings is 1. The lowest BCUT2D eigenvalue weighted by atomic mass is 9.87. The van der Waals surface area contributed by atoms with Crippen molar-refractivity contribution in [2.45, 2.75) is 82.3 Å². The number of nitrogens with zero attached hydrogens (tertiary/aromatic N) is 4. The van der Waals surface area contributed by atoms with Gasteiger partial charge in [-0.15, -0.1) is 0 Å². The van der Waals surface area contributed by atoms with Crippen molar-refractivity contribution in [1.82, 2.24) is 20.6 Å². The number of aliphatic hydroxyl groups is 1. The summed E-state index contributed by atoms with van der Waals surface area (Å²) in [5.41, 5.74) is 1.38. The average Bonchev–Trinajstić information content (AvgIpc) is 3.41. The van der Waals surface area contributed by atoms with Crippen LogP contribution >= 0.6 is 0 Å². The molecule has 4 N–H and O–H groups in total. The zero-order valence-electron chi connectivity index (χ0n) is 24.4. The highest BCUT2D eigenvalue weighted by Crippen LogP contribution is 2.40. The number of likely N-dealkylation sites (N-methyl/N-ethyl adjacent to an activating group) is 1. The molecule has 222 valence electrons. The van der Waals surface area contributed by atoms with E-state index in [0.29, 0.717) is 41.5 Å². The van der Waals surface area contributed by atoms with E-state index in [1.165, 1.54) is 0 Å². The Kier molecular flexibility index (Phi) is 8.94. The fourth-order valence-electron chi connectivity index (χ4n) is 6.59. The lowest BCUT2D eigenvalue weighted by molar-refractivity contribution is -0.120. The van der Waals surface area contributed by atoms with Gasteiger partial charge < -0.3 is 35.6 Å². The maximum atomic E-state index is 13.3. The molecule has 1 unspecified atom stereocenters. The van der Waals surface area contributed by atoms with E-state index in [2.05, 4.69) is 25.8 Å². The number of ether oxygens (including phenoxy) is 1. The quantitative estimate of drug-likeness (QED) is 0.361. The predicted octanol–water partition coefficient (Wildman–Crippen LogP) is 3.36. The van der Waals surface area contributed by atoms with Gasteiger partial charge in [-0.05, 0) is 76.2 Å². The normalized spacial score (nSPS) is 23.2. The standard InChI is InChI=1S/C30H43N7O4/c1-4-23-28(40)36(2)24-19-32-29(34-26(24)37(23)21-8-5-6-9-21)33-22-11-10-20(18-25(22)41-3)27(39)35-30(14-17-38)12-7-15-31-16-13-30/h10-11,18-19,21,23,31,38H,4-9,12-17H2,1-3H3,(H,35,39)(H,32,33,34)/t23-,30?/m1/s1. The smallest absolute Gasteiger partial charge is 0.251 e. The number of carbonyl (C=O) groups excluding carboxylic acids is 2. The Balaban J connectivity index is 1.39. The van der Waals surface area contributed by atoms with Crippen molar-refractivity contribution in [2.24, 2.45) is 0 Å². The molecule has 5 rings (SSSR count). The number of aromatic nitrogens is 2. The predicted molar refractivity (Wildman–Crippen MR) is 159 cm³/mol. The Hall–Kier alpha value is -3.44. The maximum Gasteiger partial charge on any atom is 0.251 e. The van der Waals surface area contributed by atoms with Crippen LogP contribution in [0.4, 0.5) is 23.1 Å². The molecule has 11 heteroatoms. The van der Waals surface area contributed by atoms with E-state index in [4.69, 9.17) is 9.72 Å². The van der Waals surface area contributed by atoms with Crippen molar-refractivity contribution in [3.05, 3.63) is 30.0 Å². The van der Waals surface area contributed by atoms with E-state index in [1.54, 1.807) is 43.5 Å². The molecule has 2 fully saturated rings. The molecule has 1 saturated heterocycles. The SMILES string of the molecule is CC[C@@H]1C(=O)N(C)c2cnc(Nc3ccc(C(=O)NC4(CCO)CCCNCC4)cc3OC)nc2N1C1CCCC1. The van der Waals surface area contributed by atoms with Crippen LogP contribution in [0.15, 0.2) is 24.4 Å². The van der Waals surface area contributed by atoms with Crippen molar-refractivity contribution < 1.29 is 19.4 Å². The number of carbonyl (C=O) groups is 2. The molecule has 0 bridgehead atoms. The molecule has 1 aliphatic carbocycles. The van der Waals surface area contributed by atoms with E-state index >= 15 is 0 Å². The van der Waals surface area contributed by atoms with Crippen LogP contribution in [0.2, 0.25) is 0 Å². The van der Waals surface area contributed by atoms with Gasteiger partial charge in [0, 0.05) is 30.8 Å². The van der Waals surface area contributed by atoms with Gasteiger partial charge in [0.25, 0.3) is 5.91 Å². The van der Waals surface area contributed by atoms with Gasteiger partial charge in [-0.2, -0.15) is 4.98 Å². The van der Waals surface area contributed by atoms with Crippen molar-refractivity contribution in [3.8, 4) is 5.75 Å². The molecule has 2 atom stereocenters. The van der Waals surface area contributed by atoms with Crippen molar-refractivity contribution in [3.63, 3.8) is 0 Å². The van der Waals surface area contributed by atoms with E-state index < -0.39 is 5.54 Å². The highest BCUT2D eigenvalue weighted by molar-refractivity contribution is 6.04. The number of methoxy groups -OCH3 is 1. The van der Waals surface area contributed by atoms with Crippen LogP contribution in [-0.2, 0) is 4.79 Å². The Morgan fingerprint density at radius 3 is 2.76 bits per heavy atom. The summed E-state index contributed by atoms with van der Waals surface area (Å²) in [5.74, 6) is 1.54. The highest BCUT2D eigenvalue weighted by Gasteiger charge is 2.41. The van der Waals surface area contributed by atoms with Crippen LogP contribution in [0.25, 0.3) is 0 Å². The Morgan fingerprint density at radius 2 is 2.02 bits per heavy atom. The Morgan fingerprint density at radius 1 is 1.22 bits per heavy atom. The molecule has 11 nitrogen and oxygen atoms in total.